The molecule has 2 rings (SSSR count). The molecule has 6 nitrogen and oxygen atoms in total. The van der Waals surface area contributed by atoms with Gasteiger partial charge in [0.15, 0.2) is 0 Å². The van der Waals surface area contributed by atoms with Crippen LogP contribution < -0.4 is 10.6 Å². The van der Waals surface area contributed by atoms with Gasteiger partial charge in [0, 0.05) is 35.3 Å². The maximum absolute atomic E-state index is 12.2. The third-order valence-electron chi connectivity index (χ3n) is 3.97. The van der Waals surface area contributed by atoms with Crippen molar-refractivity contribution < 1.29 is 9.59 Å². The molecule has 0 bridgehead atoms. The number of hydrogen-bond acceptors (Lipinski definition) is 3. The third kappa shape index (κ3) is 5.33. The number of rotatable bonds is 7. The van der Waals surface area contributed by atoms with Crippen LogP contribution in [0.15, 0.2) is 24.3 Å². The van der Waals surface area contributed by atoms with Crippen molar-refractivity contribution in [2.75, 3.05) is 6.54 Å². The molecule has 26 heavy (non-hydrogen) atoms. The first-order chi connectivity index (χ1) is 12.3. The summed E-state index contributed by atoms with van der Waals surface area (Å²) in [6.07, 6.45) is 0.503. The number of hydrogen-bond donors (Lipinski definition) is 2. The zero-order valence-corrected chi connectivity index (χ0v) is 16.4. The monoisotopic (exact) mass is 376 g/mol. The van der Waals surface area contributed by atoms with Gasteiger partial charge >= 0.3 is 0 Å². The molecule has 0 aliphatic rings. The Labute approximate surface area is 158 Å². The van der Waals surface area contributed by atoms with Crippen LogP contribution in [-0.4, -0.2) is 34.2 Å². The summed E-state index contributed by atoms with van der Waals surface area (Å²) in [4.78, 5) is 23.8. The summed E-state index contributed by atoms with van der Waals surface area (Å²) in [5.74, 6) is -0.188. The van der Waals surface area contributed by atoms with Gasteiger partial charge in [0.25, 0.3) is 0 Å². The summed E-state index contributed by atoms with van der Waals surface area (Å²) in [5, 5.41) is 10.8. The Bertz CT molecular complexity index is 782. The Morgan fingerprint density at radius 1 is 1.15 bits per heavy atom. The van der Waals surface area contributed by atoms with E-state index in [1.165, 1.54) is 0 Å². The van der Waals surface area contributed by atoms with Gasteiger partial charge in [-0.1, -0.05) is 11.6 Å². The van der Waals surface area contributed by atoms with Crippen molar-refractivity contribution in [1.29, 1.82) is 0 Å². The number of aryl methyl sites for hydroxylation is 1. The number of carbonyl (C=O) groups excluding carboxylic acids is 2. The van der Waals surface area contributed by atoms with E-state index < -0.39 is 0 Å². The van der Waals surface area contributed by atoms with Crippen LogP contribution in [0.25, 0.3) is 5.69 Å². The molecule has 1 heterocycles. The largest absolute Gasteiger partial charge is 0.355 e. The molecule has 140 valence electrons. The van der Waals surface area contributed by atoms with E-state index in [2.05, 4.69) is 15.7 Å². The van der Waals surface area contributed by atoms with E-state index in [9.17, 15) is 9.59 Å². The lowest BCUT2D eigenvalue weighted by Gasteiger charge is -2.09. The van der Waals surface area contributed by atoms with Crippen LogP contribution >= 0.6 is 11.6 Å². The molecular weight excluding hydrogens is 352 g/mol. The number of nitrogens with zero attached hydrogens (tertiary/aromatic N) is 2. The predicted molar refractivity (Wildman–Crippen MR) is 103 cm³/mol. The molecule has 0 radical (unpaired) electrons. The molecule has 0 aliphatic heterocycles. The average molecular weight is 377 g/mol. The molecule has 0 aliphatic carbocycles. The first-order valence-corrected chi connectivity index (χ1v) is 9.02. The molecule has 1 aromatic carbocycles. The van der Waals surface area contributed by atoms with Crippen LogP contribution in [0.4, 0.5) is 0 Å². The third-order valence-corrected chi connectivity index (χ3v) is 4.23. The lowest BCUT2D eigenvalue weighted by Crippen LogP contribution is -2.34. The van der Waals surface area contributed by atoms with Crippen LogP contribution in [0.5, 0.6) is 0 Å². The van der Waals surface area contributed by atoms with Crippen molar-refractivity contribution in [3.05, 3.63) is 46.2 Å². The summed E-state index contributed by atoms with van der Waals surface area (Å²) >= 11 is 5.93. The second kappa shape index (κ2) is 8.85. The fourth-order valence-corrected chi connectivity index (χ4v) is 2.82. The van der Waals surface area contributed by atoms with E-state index in [1.807, 2.05) is 56.6 Å². The Hall–Kier alpha value is -2.34. The quantitative estimate of drug-likeness (QED) is 0.780. The summed E-state index contributed by atoms with van der Waals surface area (Å²) in [6, 6.07) is 7.49. The van der Waals surface area contributed by atoms with Crippen LogP contribution in [0.3, 0.4) is 0 Å². The van der Waals surface area contributed by atoms with E-state index in [0.717, 1.165) is 22.6 Å². The highest BCUT2D eigenvalue weighted by atomic mass is 35.5. The van der Waals surface area contributed by atoms with Gasteiger partial charge in [-0.2, -0.15) is 5.10 Å². The number of benzene rings is 1. The maximum Gasteiger partial charge on any atom is 0.224 e. The molecule has 0 unspecified atom stereocenters. The second-order valence-electron chi connectivity index (χ2n) is 6.54. The van der Waals surface area contributed by atoms with Gasteiger partial charge in [-0.05, 0) is 52.0 Å². The van der Waals surface area contributed by atoms with E-state index in [-0.39, 0.29) is 30.7 Å². The summed E-state index contributed by atoms with van der Waals surface area (Å²) < 4.78 is 1.81. The average Bonchev–Trinajstić information content (AvgIpc) is 2.83. The topological polar surface area (TPSA) is 76.0 Å². The molecule has 0 spiro atoms. The van der Waals surface area contributed by atoms with Gasteiger partial charge in [-0.15, -0.1) is 0 Å². The van der Waals surface area contributed by atoms with Gasteiger partial charge in [0.2, 0.25) is 11.8 Å². The molecule has 2 N–H and O–H groups in total. The van der Waals surface area contributed by atoms with Gasteiger partial charge < -0.3 is 10.6 Å². The number of amides is 2. The molecule has 0 saturated heterocycles. The van der Waals surface area contributed by atoms with E-state index in [1.54, 1.807) is 0 Å². The predicted octanol–water partition coefficient (Wildman–Crippen LogP) is 2.72. The van der Waals surface area contributed by atoms with Gasteiger partial charge in [-0.3, -0.25) is 9.59 Å². The Morgan fingerprint density at radius 2 is 1.81 bits per heavy atom. The molecule has 0 fully saturated rings. The van der Waals surface area contributed by atoms with Gasteiger partial charge in [0.1, 0.15) is 0 Å². The first-order valence-electron chi connectivity index (χ1n) is 8.65. The van der Waals surface area contributed by atoms with Crippen LogP contribution in [0.1, 0.15) is 37.2 Å². The van der Waals surface area contributed by atoms with Crippen molar-refractivity contribution in [1.82, 2.24) is 20.4 Å². The molecule has 2 amide bonds. The minimum atomic E-state index is -0.121. The zero-order valence-electron chi connectivity index (χ0n) is 15.6. The summed E-state index contributed by atoms with van der Waals surface area (Å²) in [6.45, 7) is 7.95. The van der Waals surface area contributed by atoms with E-state index in [0.29, 0.717) is 11.6 Å². The normalized spacial score (nSPS) is 10.8. The number of nitrogens with one attached hydrogen (secondary N) is 2. The van der Waals surface area contributed by atoms with E-state index >= 15 is 0 Å². The Morgan fingerprint density at radius 3 is 2.42 bits per heavy atom. The van der Waals surface area contributed by atoms with Gasteiger partial charge in [-0.25, -0.2) is 4.68 Å². The number of halogens is 1. The van der Waals surface area contributed by atoms with Crippen molar-refractivity contribution >= 4 is 23.4 Å². The number of aromatic nitrogens is 2. The van der Waals surface area contributed by atoms with Crippen molar-refractivity contribution in [2.24, 2.45) is 0 Å². The van der Waals surface area contributed by atoms with Crippen molar-refractivity contribution in [3.63, 3.8) is 0 Å². The lowest BCUT2D eigenvalue weighted by molar-refractivity contribution is -0.122. The fraction of sp³-hybridized carbons (Fsp3) is 0.421. The minimum Gasteiger partial charge on any atom is -0.355 e. The summed E-state index contributed by atoms with van der Waals surface area (Å²) in [5.41, 5.74) is 3.51. The van der Waals surface area contributed by atoms with E-state index in [4.69, 9.17) is 11.6 Å². The fourth-order valence-electron chi connectivity index (χ4n) is 2.70. The molecule has 7 heteroatoms. The first kappa shape index (κ1) is 20.0. The number of carbonyl (C=O) groups is 2. The van der Waals surface area contributed by atoms with Gasteiger partial charge in [0.05, 0.1) is 17.8 Å². The highest BCUT2D eigenvalue weighted by Crippen LogP contribution is 2.20. The lowest BCUT2D eigenvalue weighted by atomic mass is 10.1. The standard InChI is InChI=1S/C19H25ClN4O2/c1-12(2)22-18(25)9-10-21-19(26)11-17-13(3)23-24(14(17)4)16-7-5-15(20)6-8-16/h5-8,12H,9-11H2,1-4H3,(H,21,26)(H,22,25). The van der Waals surface area contributed by atoms with Crippen molar-refractivity contribution in [2.45, 2.75) is 46.6 Å². The smallest absolute Gasteiger partial charge is 0.224 e. The SMILES string of the molecule is Cc1nn(-c2ccc(Cl)cc2)c(C)c1CC(=O)NCCC(=O)NC(C)C. The second-order valence-corrected chi connectivity index (χ2v) is 6.97. The molecule has 0 atom stereocenters. The summed E-state index contributed by atoms with van der Waals surface area (Å²) in [7, 11) is 0. The zero-order chi connectivity index (χ0) is 19.3. The van der Waals surface area contributed by atoms with Crippen molar-refractivity contribution in [3.8, 4) is 5.69 Å². The maximum atomic E-state index is 12.2. The highest BCUT2D eigenvalue weighted by molar-refractivity contribution is 6.30. The van der Waals surface area contributed by atoms with Crippen LogP contribution in [0.2, 0.25) is 5.02 Å². The van der Waals surface area contributed by atoms with Crippen LogP contribution in [-0.2, 0) is 16.0 Å². The Kier molecular flexibility index (Phi) is 6.80. The molecule has 0 saturated carbocycles. The Balaban J connectivity index is 1.98. The molecule has 1 aromatic heterocycles. The highest BCUT2D eigenvalue weighted by Gasteiger charge is 2.16. The molecular formula is C19H25ClN4O2. The van der Waals surface area contributed by atoms with Crippen LogP contribution in [0, 0.1) is 13.8 Å². The molecule has 2 aromatic rings. The minimum absolute atomic E-state index is 0.0665.